The molecule has 0 saturated heterocycles. The molecule has 2 N–H and O–H groups in total. The van der Waals surface area contributed by atoms with Gasteiger partial charge in [0.25, 0.3) is 0 Å². The van der Waals surface area contributed by atoms with Crippen LogP contribution in [0.15, 0.2) is 0 Å². The summed E-state index contributed by atoms with van der Waals surface area (Å²) in [5, 5.41) is 16.0. The van der Waals surface area contributed by atoms with Crippen LogP contribution in [-0.4, -0.2) is 17.9 Å². The van der Waals surface area contributed by atoms with Gasteiger partial charge in [-0.2, -0.15) is 0 Å². The molecule has 1 saturated carbocycles. The first-order valence-corrected chi connectivity index (χ1v) is 4.00. The van der Waals surface area contributed by atoms with Crippen molar-refractivity contribution in [2.45, 2.75) is 25.7 Å². The van der Waals surface area contributed by atoms with Crippen LogP contribution < -0.4 is 0 Å². The van der Waals surface area contributed by atoms with Crippen LogP contribution in [0.5, 0.6) is 0 Å². The Morgan fingerprint density at radius 3 is 2.60 bits per heavy atom. The van der Waals surface area contributed by atoms with Gasteiger partial charge in [0.05, 0.1) is 0 Å². The highest BCUT2D eigenvalue weighted by atomic mass is 16.3. The number of nitrogens with one attached hydrogen (secondary N) is 1. The number of aliphatic hydroxyl groups is 1. The summed E-state index contributed by atoms with van der Waals surface area (Å²) in [6.07, 6.45) is 6.18. The fraction of sp³-hybridized carbons (Fsp3) is 0.875. The van der Waals surface area contributed by atoms with Crippen molar-refractivity contribution in [3.05, 3.63) is 0 Å². The van der Waals surface area contributed by atoms with E-state index in [1.807, 2.05) is 0 Å². The average molecular weight is 141 g/mol. The predicted octanol–water partition coefficient (Wildman–Crippen LogP) is 1.43. The molecule has 1 rings (SSSR count). The van der Waals surface area contributed by atoms with Gasteiger partial charge in [0, 0.05) is 6.61 Å². The lowest BCUT2D eigenvalue weighted by Crippen LogP contribution is -2.23. The van der Waals surface area contributed by atoms with Crippen LogP contribution in [0, 0.1) is 17.2 Å². The number of hydrogen-bond donors (Lipinski definition) is 2. The Hall–Kier alpha value is -0.370. The zero-order valence-corrected chi connectivity index (χ0v) is 6.21. The Balaban J connectivity index is 2.41. The molecule has 2 nitrogen and oxygen atoms in total. The standard InChI is InChI=1S/C8H15NO/c9-5-7-3-1-2-4-8(7)6-10/h5,7-10H,1-4,6H2/t7-,8?/m1/s1. The third-order valence-electron chi connectivity index (χ3n) is 2.42. The lowest BCUT2D eigenvalue weighted by atomic mass is 9.80. The first-order valence-electron chi connectivity index (χ1n) is 4.00. The van der Waals surface area contributed by atoms with Gasteiger partial charge in [-0.05, 0) is 30.9 Å². The number of rotatable bonds is 2. The van der Waals surface area contributed by atoms with Crippen molar-refractivity contribution in [3.8, 4) is 0 Å². The summed E-state index contributed by atoms with van der Waals surface area (Å²) in [4.78, 5) is 0. The maximum atomic E-state index is 8.89. The lowest BCUT2D eigenvalue weighted by molar-refractivity contribution is 0.167. The van der Waals surface area contributed by atoms with Crippen molar-refractivity contribution < 1.29 is 5.11 Å². The van der Waals surface area contributed by atoms with Crippen molar-refractivity contribution in [2.75, 3.05) is 6.61 Å². The summed E-state index contributed by atoms with van der Waals surface area (Å²) in [7, 11) is 0. The SMILES string of the molecule is N=C[C@H]1CCCCC1CO. The van der Waals surface area contributed by atoms with Crippen molar-refractivity contribution in [2.24, 2.45) is 11.8 Å². The molecule has 2 atom stereocenters. The van der Waals surface area contributed by atoms with Crippen molar-refractivity contribution >= 4 is 6.21 Å². The number of hydrogen-bond acceptors (Lipinski definition) is 2. The van der Waals surface area contributed by atoms with E-state index in [1.165, 1.54) is 19.1 Å². The molecule has 0 spiro atoms. The Kier molecular flexibility index (Phi) is 2.87. The molecule has 0 aromatic carbocycles. The van der Waals surface area contributed by atoms with Crippen molar-refractivity contribution in [1.82, 2.24) is 0 Å². The summed E-state index contributed by atoms with van der Waals surface area (Å²) >= 11 is 0. The van der Waals surface area contributed by atoms with Gasteiger partial charge in [-0.3, -0.25) is 0 Å². The highest BCUT2D eigenvalue weighted by Gasteiger charge is 2.21. The molecule has 1 fully saturated rings. The molecule has 10 heavy (non-hydrogen) atoms. The zero-order valence-electron chi connectivity index (χ0n) is 6.21. The molecular formula is C8H15NO. The van der Waals surface area contributed by atoms with Gasteiger partial charge in [-0.1, -0.05) is 12.8 Å². The first kappa shape index (κ1) is 7.73. The van der Waals surface area contributed by atoms with Crippen LogP contribution in [0.25, 0.3) is 0 Å². The van der Waals surface area contributed by atoms with E-state index in [1.54, 1.807) is 0 Å². The minimum Gasteiger partial charge on any atom is -0.396 e. The summed E-state index contributed by atoms with van der Waals surface area (Å²) in [5.41, 5.74) is 0. The second kappa shape index (κ2) is 3.71. The van der Waals surface area contributed by atoms with E-state index in [4.69, 9.17) is 10.5 Å². The van der Waals surface area contributed by atoms with Gasteiger partial charge >= 0.3 is 0 Å². The second-order valence-corrected chi connectivity index (χ2v) is 3.06. The third kappa shape index (κ3) is 1.57. The van der Waals surface area contributed by atoms with Gasteiger partial charge in [0.1, 0.15) is 0 Å². The molecule has 1 aliphatic carbocycles. The first-order chi connectivity index (χ1) is 4.88. The van der Waals surface area contributed by atoms with Crippen LogP contribution in [0.3, 0.4) is 0 Å². The molecule has 0 bridgehead atoms. The molecule has 0 aromatic heterocycles. The maximum Gasteiger partial charge on any atom is 0.0465 e. The largest absolute Gasteiger partial charge is 0.396 e. The minimum absolute atomic E-state index is 0.264. The maximum absolute atomic E-state index is 8.89. The molecule has 0 heterocycles. The lowest BCUT2D eigenvalue weighted by Gasteiger charge is -2.26. The Labute approximate surface area is 61.8 Å². The Morgan fingerprint density at radius 2 is 2.10 bits per heavy atom. The van der Waals surface area contributed by atoms with Crippen molar-refractivity contribution in [3.63, 3.8) is 0 Å². The van der Waals surface area contributed by atoms with Crippen LogP contribution in [-0.2, 0) is 0 Å². The van der Waals surface area contributed by atoms with E-state index in [0.29, 0.717) is 11.8 Å². The molecule has 1 unspecified atom stereocenters. The summed E-state index contributed by atoms with van der Waals surface area (Å²) in [6.45, 7) is 0.264. The summed E-state index contributed by atoms with van der Waals surface area (Å²) in [5.74, 6) is 0.741. The average Bonchev–Trinajstić information content (AvgIpc) is 2.04. The van der Waals surface area contributed by atoms with E-state index in [2.05, 4.69) is 0 Å². The van der Waals surface area contributed by atoms with E-state index in [9.17, 15) is 0 Å². The molecule has 0 amide bonds. The molecule has 0 aromatic rings. The fourth-order valence-corrected chi connectivity index (χ4v) is 1.68. The van der Waals surface area contributed by atoms with Gasteiger partial charge in [0.2, 0.25) is 0 Å². The fourth-order valence-electron chi connectivity index (χ4n) is 1.68. The van der Waals surface area contributed by atoms with Crippen LogP contribution in [0.1, 0.15) is 25.7 Å². The zero-order chi connectivity index (χ0) is 7.40. The monoisotopic (exact) mass is 141 g/mol. The Bertz CT molecular complexity index is 114. The van der Waals surface area contributed by atoms with E-state index < -0.39 is 0 Å². The van der Waals surface area contributed by atoms with Gasteiger partial charge in [-0.25, -0.2) is 0 Å². The van der Waals surface area contributed by atoms with Crippen LogP contribution >= 0.6 is 0 Å². The molecule has 58 valence electrons. The minimum atomic E-state index is 0.264. The van der Waals surface area contributed by atoms with E-state index in [0.717, 1.165) is 12.8 Å². The van der Waals surface area contributed by atoms with Crippen molar-refractivity contribution in [1.29, 1.82) is 5.41 Å². The summed E-state index contributed by atoms with van der Waals surface area (Å²) in [6, 6.07) is 0. The third-order valence-corrected chi connectivity index (χ3v) is 2.42. The van der Waals surface area contributed by atoms with Gasteiger partial charge in [-0.15, -0.1) is 0 Å². The molecule has 1 aliphatic rings. The molecule has 0 aliphatic heterocycles. The van der Waals surface area contributed by atoms with Gasteiger partial charge in [0.15, 0.2) is 0 Å². The molecule has 0 radical (unpaired) electrons. The van der Waals surface area contributed by atoms with Gasteiger partial charge < -0.3 is 10.5 Å². The summed E-state index contributed by atoms with van der Waals surface area (Å²) < 4.78 is 0. The molecular weight excluding hydrogens is 126 g/mol. The molecule has 2 heteroatoms. The number of aliphatic hydroxyl groups excluding tert-OH is 1. The second-order valence-electron chi connectivity index (χ2n) is 3.06. The normalized spacial score (nSPS) is 33.7. The van der Waals surface area contributed by atoms with E-state index in [-0.39, 0.29) is 6.61 Å². The smallest absolute Gasteiger partial charge is 0.0465 e. The highest BCUT2D eigenvalue weighted by molar-refractivity contribution is 5.57. The Morgan fingerprint density at radius 1 is 1.40 bits per heavy atom. The predicted molar refractivity (Wildman–Crippen MR) is 41.3 cm³/mol. The topological polar surface area (TPSA) is 44.1 Å². The van der Waals surface area contributed by atoms with E-state index >= 15 is 0 Å². The highest BCUT2D eigenvalue weighted by Crippen LogP contribution is 2.27. The quantitative estimate of drug-likeness (QED) is 0.561. The van der Waals surface area contributed by atoms with Crippen LogP contribution in [0.4, 0.5) is 0 Å². The van der Waals surface area contributed by atoms with Crippen LogP contribution in [0.2, 0.25) is 0 Å².